The number of aryl methyl sites for hydroxylation is 1. The second kappa shape index (κ2) is 7.57. The van der Waals surface area contributed by atoms with Crippen molar-refractivity contribution < 1.29 is 23.2 Å². The van der Waals surface area contributed by atoms with Crippen LogP contribution >= 0.6 is 11.8 Å². The van der Waals surface area contributed by atoms with Gasteiger partial charge in [0.05, 0.1) is 4.91 Å². The quantitative estimate of drug-likeness (QED) is 0.813. The van der Waals surface area contributed by atoms with Crippen molar-refractivity contribution in [1.82, 2.24) is 10.2 Å². The van der Waals surface area contributed by atoms with E-state index in [4.69, 9.17) is 4.42 Å². The van der Waals surface area contributed by atoms with Gasteiger partial charge in [0.15, 0.2) is 5.76 Å². The van der Waals surface area contributed by atoms with E-state index in [1.165, 1.54) is 30.3 Å². The number of benzene rings is 1. The first-order valence-electron chi connectivity index (χ1n) is 7.79. The van der Waals surface area contributed by atoms with E-state index in [9.17, 15) is 18.8 Å². The lowest BCUT2D eigenvalue weighted by Crippen LogP contribution is -2.37. The Labute approximate surface area is 153 Å². The van der Waals surface area contributed by atoms with Gasteiger partial charge in [-0.3, -0.25) is 19.3 Å². The zero-order valence-electron chi connectivity index (χ0n) is 13.8. The number of nitrogens with zero attached hydrogens (tertiary/aromatic N) is 1. The fourth-order valence-corrected chi connectivity index (χ4v) is 3.19. The average molecular weight is 374 g/mol. The fourth-order valence-electron chi connectivity index (χ4n) is 2.33. The number of halogens is 1. The van der Waals surface area contributed by atoms with Crippen LogP contribution in [0.1, 0.15) is 21.9 Å². The summed E-state index contributed by atoms with van der Waals surface area (Å²) in [5.41, 5.74) is 0.624. The second-order valence-corrected chi connectivity index (χ2v) is 6.54. The molecule has 0 radical (unpaired) electrons. The van der Waals surface area contributed by atoms with Crippen molar-refractivity contribution in [3.63, 3.8) is 0 Å². The molecule has 1 aromatic carbocycles. The van der Waals surface area contributed by atoms with Crippen LogP contribution in [0, 0.1) is 12.7 Å². The Morgan fingerprint density at radius 3 is 2.62 bits per heavy atom. The Kier molecular flexibility index (Phi) is 5.22. The van der Waals surface area contributed by atoms with Crippen LogP contribution in [0.25, 0.3) is 6.08 Å². The van der Waals surface area contributed by atoms with Gasteiger partial charge in [0.1, 0.15) is 11.6 Å². The van der Waals surface area contributed by atoms with Gasteiger partial charge in [0.25, 0.3) is 17.1 Å². The van der Waals surface area contributed by atoms with Crippen molar-refractivity contribution in [1.29, 1.82) is 0 Å². The first kappa shape index (κ1) is 17.9. The molecular formula is C18H15FN2O4S. The van der Waals surface area contributed by atoms with Crippen LogP contribution in [0.2, 0.25) is 0 Å². The lowest BCUT2D eigenvalue weighted by Gasteiger charge is -2.12. The largest absolute Gasteiger partial charge is 0.456 e. The molecule has 26 heavy (non-hydrogen) atoms. The number of rotatable bonds is 5. The van der Waals surface area contributed by atoms with E-state index in [0.29, 0.717) is 11.3 Å². The van der Waals surface area contributed by atoms with Gasteiger partial charge in [-0.05, 0) is 54.6 Å². The van der Waals surface area contributed by atoms with Crippen molar-refractivity contribution in [2.45, 2.75) is 6.92 Å². The van der Waals surface area contributed by atoms with Gasteiger partial charge in [-0.2, -0.15) is 0 Å². The molecular weight excluding hydrogens is 359 g/mol. The van der Waals surface area contributed by atoms with Crippen molar-refractivity contribution in [2.75, 3.05) is 13.1 Å². The van der Waals surface area contributed by atoms with Crippen molar-refractivity contribution in [3.05, 3.63) is 64.2 Å². The number of hydrogen-bond donors (Lipinski definition) is 1. The molecule has 1 aliphatic heterocycles. The Morgan fingerprint density at radius 1 is 1.23 bits per heavy atom. The highest BCUT2D eigenvalue weighted by atomic mass is 32.2. The number of hydrogen-bond acceptors (Lipinski definition) is 5. The predicted octanol–water partition coefficient (Wildman–Crippen LogP) is 3.19. The molecule has 0 saturated carbocycles. The molecule has 6 nitrogen and oxygen atoms in total. The van der Waals surface area contributed by atoms with Crippen molar-refractivity contribution in [2.24, 2.45) is 0 Å². The monoisotopic (exact) mass is 374 g/mol. The van der Waals surface area contributed by atoms with Crippen molar-refractivity contribution >= 4 is 34.9 Å². The number of thioether (sulfide) groups is 1. The molecule has 2 aromatic rings. The minimum Gasteiger partial charge on any atom is -0.456 e. The van der Waals surface area contributed by atoms with Crippen LogP contribution < -0.4 is 5.32 Å². The van der Waals surface area contributed by atoms with Crippen molar-refractivity contribution in [3.8, 4) is 0 Å². The molecule has 1 aliphatic rings. The zero-order chi connectivity index (χ0) is 18.7. The average Bonchev–Trinajstić information content (AvgIpc) is 3.15. The van der Waals surface area contributed by atoms with Gasteiger partial charge < -0.3 is 9.73 Å². The molecule has 0 unspecified atom stereocenters. The third-order valence-electron chi connectivity index (χ3n) is 3.63. The van der Waals surface area contributed by atoms with E-state index in [0.717, 1.165) is 16.7 Å². The lowest BCUT2D eigenvalue weighted by atomic mass is 10.2. The molecule has 0 atom stereocenters. The van der Waals surface area contributed by atoms with Crippen LogP contribution in [0.4, 0.5) is 9.18 Å². The van der Waals surface area contributed by atoms with E-state index < -0.39 is 17.1 Å². The molecule has 1 fully saturated rings. The van der Waals surface area contributed by atoms with Gasteiger partial charge in [-0.1, -0.05) is 12.1 Å². The molecule has 1 saturated heterocycles. The summed E-state index contributed by atoms with van der Waals surface area (Å²) in [6.45, 7) is 1.89. The summed E-state index contributed by atoms with van der Waals surface area (Å²) in [4.78, 5) is 37.6. The maximum atomic E-state index is 12.9. The van der Waals surface area contributed by atoms with Crippen LogP contribution in [0.5, 0.6) is 0 Å². The standard InChI is InChI=1S/C18H15FN2O4S/c1-11-2-7-14(25-11)16(22)20-8-9-21-17(23)15(26-18(21)24)10-12-3-5-13(19)6-4-12/h2-7,10H,8-9H2,1H3,(H,20,22). The van der Waals surface area contributed by atoms with Crippen LogP contribution in [0.3, 0.4) is 0 Å². The fraction of sp³-hybridized carbons (Fsp3) is 0.167. The molecule has 0 aliphatic carbocycles. The number of carbonyl (C=O) groups is 3. The first-order valence-corrected chi connectivity index (χ1v) is 8.61. The highest BCUT2D eigenvalue weighted by Crippen LogP contribution is 2.31. The summed E-state index contributed by atoms with van der Waals surface area (Å²) in [6.07, 6.45) is 1.54. The maximum Gasteiger partial charge on any atom is 0.293 e. The van der Waals surface area contributed by atoms with Gasteiger partial charge in [-0.25, -0.2) is 4.39 Å². The summed E-state index contributed by atoms with van der Waals surface area (Å²) in [7, 11) is 0. The van der Waals surface area contributed by atoms with Gasteiger partial charge in [0.2, 0.25) is 0 Å². The molecule has 0 bridgehead atoms. The minimum atomic E-state index is -0.438. The van der Waals surface area contributed by atoms with Gasteiger partial charge >= 0.3 is 0 Å². The maximum absolute atomic E-state index is 12.9. The summed E-state index contributed by atoms with van der Waals surface area (Å²) in [5.74, 6) is -0.433. The highest BCUT2D eigenvalue weighted by Gasteiger charge is 2.34. The molecule has 0 spiro atoms. The third-order valence-corrected chi connectivity index (χ3v) is 4.53. The zero-order valence-corrected chi connectivity index (χ0v) is 14.6. The second-order valence-electron chi connectivity index (χ2n) is 5.55. The number of amides is 3. The SMILES string of the molecule is Cc1ccc(C(=O)NCCN2C(=O)SC(=Cc3ccc(F)cc3)C2=O)o1. The van der Waals surface area contributed by atoms with E-state index in [1.807, 2.05) is 0 Å². The number of furan rings is 1. The molecule has 1 N–H and O–H groups in total. The Bertz CT molecular complexity index is 889. The van der Waals surface area contributed by atoms with E-state index in [-0.39, 0.29) is 29.6 Å². The Hall–Kier alpha value is -2.87. The van der Waals surface area contributed by atoms with Crippen LogP contribution in [0.15, 0.2) is 45.7 Å². The smallest absolute Gasteiger partial charge is 0.293 e. The number of imide groups is 1. The van der Waals surface area contributed by atoms with Gasteiger partial charge in [-0.15, -0.1) is 0 Å². The third kappa shape index (κ3) is 4.02. The van der Waals surface area contributed by atoms with E-state index in [1.54, 1.807) is 19.1 Å². The van der Waals surface area contributed by atoms with Crippen LogP contribution in [-0.4, -0.2) is 35.0 Å². The minimum absolute atomic E-state index is 0.0524. The first-order chi connectivity index (χ1) is 12.4. The Balaban J connectivity index is 1.58. The molecule has 8 heteroatoms. The molecule has 1 aromatic heterocycles. The summed E-state index contributed by atoms with van der Waals surface area (Å²) < 4.78 is 18.1. The normalized spacial score (nSPS) is 15.8. The van der Waals surface area contributed by atoms with Gasteiger partial charge in [0, 0.05) is 13.1 Å². The summed E-state index contributed by atoms with van der Waals surface area (Å²) in [5, 5.41) is 2.19. The molecule has 2 heterocycles. The summed E-state index contributed by atoms with van der Waals surface area (Å²) in [6, 6.07) is 8.83. The lowest BCUT2D eigenvalue weighted by molar-refractivity contribution is -0.122. The Morgan fingerprint density at radius 2 is 1.96 bits per heavy atom. The van der Waals surface area contributed by atoms with Crippen LogP contribution in [-0.2, 0) is 4.79 Å². The molecule has 3 rings (SSSR count). The number of carbonyl (C=O) groups excluding carboxylic acids is 3. The topological polar surface area (TPSA) is 79.6 Å². The van der Waals surface area contributed by atoms with E-state index in [2.05, 4.69) is 5.32 Å². The predicted molar refractivity (Wildman–Crippen MR) is 94.9 cm³/mol. The molecule has 3 amide bonds. The molecule has 134 valence electrons. The van der Waals surface area contributed by atoms with E-state index >= 15 is 0 Å². The number of nitrogens with one attached hydrogen (secondary N) is 1. The highest BCUT2D eigenvalue weighted by molar-refractivity contribution is 8.18. The summed E-state index contributed by atoms with van der Waals surface area (Å²) >= 11 is 0.813.